The molecule has 0 saturated heterocycles. The van der Waals surface area contributed by atoms with Crippen molar-refractivity contribution in [1.82, 2.24) is 14.2 Å². The molecule has 2 heterocycles. The van der Waals surface area contributed by atoms with Gasteiger partial charge < -0.3 is 4.90 Å². The van der Waals surface area contributed by atoms with Gasteiger partial charge in [0.1, 0.15) is 9.36 Å². The van der Waals surface area contributed by atoms with Gasteiger partial charge in [0.2, 0.25) is 5.91 Å². The summed E-state index contributed by atoms with van der Waals surface area (Å²) in [4.78, 5) is 17.6. The summed E-state index contributed by atoms with van der Waals surface area (Å²) < 4.78 is 26.3. The van der Waals surface area contributed by atoms with Gasteiger partial charge in [-0.2, -0.15) is 4.31 Å². The molecule has 24 heavy (non-hydrogen) atoms. The van der Waals surface area contributed by atoms with Gasteiger partial charge >= 0.3 is 0 Å². The first-order chi connectivity index (χ1) is 11.2. The summed E-state index contributed by atoms with van der Waals surface area (Å²) in [7, 11) is -0.779. The van der Waals surface area contributed by atoms with Gasteiger partial charge in [0.25, 0.3) is 10.0 Å². The molecule has 0 aromatic carbocycles. The van der Waals surface area contributed by atoms with E-state index in [4.69, 9.17) is 23.2 Å². The number of thiophene rings is 1. The van der Waals surface area contributed by atoms with E-state index in [-0.39, 0.29) is 16.7 Å². The summed E-state index contributed by atoms with van der Waals surface area (Å²) in [6.07, 6.45) is 1.57. The van der Waals surface area contributed by atoms with Crippen LogP contribution in [0.5, 0.6) is 0 Å². The highest BCUT2D eigenvalue weighted by atomic mass is 35.5. The molecule has 0 spiro atoms. The molecule has 2 aromatic rings. The third-order valence-electron chi connectivity index (χ3n) is 3.21. The second-order valence-electron chi connectivity index (χ2n) is 5.06. The molecule has 0 aliphatic carbocycles. The van der Waals surface area contributed by atoms with Crippen LogP contribution in [0.4, 0.5) is 0 Å². The number of hydrogen-bond donors (Lipinski definition) is 0. The van der Waals surface area contributed by atoms with Crippen LogP contribution in [0, 0.1) is 0 Å². The van der Waals surface area contributed by atoms with Gasteiger partial charge in [0, 0.05) is 26.8 Å². The molecule has 0 aliphatic rings. The van der Waals surface area contributed by atoms with Gasteiger partial charge in [-0.25, -0.2) is 13.4 Å². The lowest BCUT2D eigenvalue weighted by atomic mass is 10.2. The number of sulfonamides is 1. The van der Waals surface area contributed by atoms with Gasteiger partial charge in [-0.05, 0) is 23.8 Å². The maximum atomic E-state index is 12.4. The Morgan fingerprint density at radius 1 is 1.21 bits per heavy atom. The van der Waals surface area contributed by atoms with E-state index < -0.39 is 10.0 Å². The van der Waals surface area contributed by atoms with Crippen LogP contribution in [-0.2, 0) is 21.4 Å². The number of aromatic nitrogens is 1. The first-order valence-corrected chi connectivity index (χ1v) is 9.77. The Bertz CT molecular complexity index is 822. The molecule has 0 saturated carbocycles. The minimum atomic E-state index is -3.74. The number of rotatable bonds is 6. The molecule has 10 heteroatoms. The molecular weight excluding hydrogens is 393 g/mol. The predicted molar refractivity (Wildman–Crippen MR) is 94.9 cm³/mol. The molecule has 0 atom stereocenters. The van der Waals surface area contributed by atoms with Crippen LogP contribution in [0.3, 0.4) is 0 Å². The Balaban J connectivity index is 2.01. The number of pyridine rings is 1. The Labute approximate surface area is 154 Å². The number of amides is 1. The molecule has 0 unspecified atom stereocenters. The van der Waals surface area contributed by atoms with E-state index in [1.807, 2.05) is 0 Å². The highest BCUT2D eigenvalue weighted by Crippen LogP contribution is 2.27. The largest absolute Gasteiger partial charge is 0.340 e. The Morgan fingerprint density at radius 3 is 2.46 bits per heavy atom. The highest BCUT2D eigenvalue weighted by molar-refractivity contribution is 7.91. The van der Waals surface area contributed by atoms with Crippen LogP contribution < -0.4 is 0 Å². The Hall–Kier alpha value is -1.19. The van der Waals surface area contributed by atoms with E-state index in [0.29, 0.717) is 16.0 Å². The maximum absolute atomic E-state index is 12.4. The topological polar surface area (TPSA) is 70.6 Å². The maximum Gasteiger partial charge on any atom is 0.252 e. The SMILES string of the molecule is CN(Cc1ccc(Cl)nc1)C(=O)CN(C)S(=O)(=O)c1ccc(Cl)s1. The van der Waals surface area contributed by atoms with Crippen LogP contribution >= 0.6 is 34.5 Å². The average molecular weight is 408 g/mol. The molecule has 0 fully saturated rings. The summed E-state index contributed by atoms with van der Waals surface area (Å²) >= 11 is 12.4. The molecule has 2 rings (SSSR count). The fraction of sp³-hybridized carbons (Fsp3) is 0.286. The molecule has 2 aromatic heterocycles. The van der Waals surface area contributed by atoms with Crippen molar-refractivity contribution in [1.29, 1.82) is 0 Å². The van der Waals surface area contributed by atoms with Crippen LogP contribution in [0.1, 0.15) is 5.56 Å². The van der Waals surface area contributed by atoms with E-state index in [9.17, 15) is 13.2 Å². The van der Waals surface area contributed by atoms with E-state index in [0.717, 1.165) is 21.2 Å². The molecule has 1 amide bonds. The lowest BCUT2D eigenvalue weighted by molar-refractivity contribution is -0.130. The second-order valence-corrected chi connectivity index (χ2v) is 9.43. The van der Waals surface area contributed by atoms with Crippen molar-refractivity contribution in [2.75, 3.05) is 20.6 Å². The van der Waals surface area contributed by atoms with Gasteiger partial charge in [0.15, 0.2) is 0 Å². The van der Waals surface area contributed by atoms with E-state index in [1.54, 1.807) is 25.4 Å². The minimum absolute atomic E-state index is 0.104. The molecular formula is C14H15Cl2N3O3S2. The Kier molecular flexibility index (Phi) is 6.22. The number of carbonyl (C=O) groups excluding carboxylic acids is 1. The number of likely N-dealkylation sites (N-methyl/N-ethyl adjacent to an activating group) is 2. The van der Waals surface area contributed by atoms with E-state index in [2.05, 4.69) is 4.98 Å². The number of halogens is 2. The zero-order valence-corrected chi connectivity index (χ0v) is 16.1. The van der Waals surface area contributed by atoms with Crippen molar-refractivity contribution in [2.24, 2.45) is 0 Å². The van der Waals surface area contributed by atoms with Crippen molar-refractivity contribution in [2.45, 2.75) is 10.8 Å². The van der Waals surface area contributed by atoms with Gasteiger partial charge in [0.05, 0.1) is 10.9 Å². The number of carbonyl (C=O) groups is 1. The lowest BCUT2D eigenvalue weighted by Gasteiger charge is -2.21. The zero-order chi connectivity index (χ0) is 17.9. The van der Waals surface area contributed by atoms with Crippen molar-refractivity contribution < 1.29 is 13.2 Å². The fourth-order valence-electron chi connectivity index (χ4n) is 1.85. The smallest absolute Gasteiger partial charge is 0.252 e. The summed E-state index contributed by atoms with van der Waals surface area (Å²) in [6, 6.07) is 6.32. The Morgan fingerprint density at radius 2 is 1.92 bits per heavy atom. The van der Waals surface area contributed by atoms with Crippen molar-refractivity contribution in [3.8, 4) is 0 Å². The van der Waals surface area contributed by atoms with Crippen molar-refractivity contribution >= 4 is 50.5 Å². The predicted octanol–water partition coefficient (Wildman–Crippen LogP) is 2.73. The summed E-state index contributed by atoms with van der Waals surface area (Å²) in [5, 5.41) is 0.369. The first-order valence-electron chi connectivity index (χ1n) is 6.76. The van der Waals surface area contributed by atoms with Crippen LogP contribution in [0.2, 0.25) is 9.49 Å². The molecule has 130 valence electrons. The number of nitrogens with zero attached hydrogens (tertiary/aromatic N) is 3. The average Bonchev–Trinajstić information content (AvgIpc) is 2.96. The molecule has 0 N–H and O–H groups in total. The monoisotopic (exact) mass is 407 g/mol. The second kappa shape index (κ2) is 7.79. The summed E-state index contributed by atoms with van der Waals surface area (Å²) in [5.41, 5.74) is 0.797. The van der Waals surface area contributed by atoms with Crippen LogP contribution in [0.15, 0.2) is 34.7 Å². The zero-order valence-electron chi connectivity index (χ0n) is 12.9. The van der Waals surface area contributed by atoms with E-state index >= 15 is 0 Å². The van der Waals surface area contributed by atoms with Crippen molar-refractivity contribution in [3.05, 3.63) is 45.5 Å². The highest BCUT2D eigenvalue weighted by Gasteiger charge is 2.25. The summed E-state index contributed by atoms with van der Waals surface area (Å²) in [6.45, 7) is 0.0388. The lowest BCUT2D eigenvalue weighted by Crippen LogP contribution is -2.38. The third-order valence-corrected chi connectivity index (χ3v) is 6.93. The summed E-state index contributed by atoms with van der Waals surface area (Å²) in [5.74, 6) is -0.335. The molecule has 6 nitrogen and oxygen atoms in total. The van der Waals surface area contributed by atoms with Crippen LogP contribution in [0.25, 0.3) is 0 Å². The molecule has 0 bridgehead atoms. The minimum Gasteiger partial charge on any atom is -0.340 e. The van der Waals surface area contributed by atoms with Crippen molar-refractivity contribution in [3.63, 3.8) is 0 Å². The van der Waals surface area contributed by atoms with Gasteiger partial charge in [-0.1, -0.05) is 29.3 Å². The molecule has 0 radical (unpaired) electrons. The standard InChI is InChI=1S/C14H15Cl2N3O3S2/c1-18(8-10-3-4-11(15)17-7-10)13(20)9-19(2)24(21,22)14-6-5-12(16)23-14/h3-7H,8-9H2,1-2H3. The van der Waals surface area contributed by atoms with Gasteiger partial charge in [-0.3, -0.25) is 4.79 Å². The molecule has 0 aliphatic heterocycles. The normalized spacial score (nSPS) is 11.7. The number of hydrogen-bond acceptors (Lipinski definition) is 5. The quantitative estimate of drug-likeness (QED) is 0.690. The third kappa shape index (κ3) is 4.67. The van der Waals surface area contributed by atoms with Gasteiger partial charge in [-0.15, -0.1) is 11.3 Å². The van der Waals surface area contributed by atoms with Crippen LogP contribution in [-0.4, -0.2) is 49.2 Å². The fourth-order valence-corrected chi connectivity index (χ4v) is 4.77. The first kappa shape index (κ1) is 19.1. The van der Waals surface area contributed by atoms with E-state index in [1.165, 1.54) is 24.1 Å².